The molecule has 1 aromatic carbocycles. The molecule has 1 N–H and O–H groups in total. The van der Waals surface area contributed by atoms with E-state index in [2.05, 4.69) is 0 Å². The van der Waals surface area contributed by atoms with Crippen LogP contribution in [0.2, 0.25) is 0 Å². The van der Waals surface area contributed by atoms with Gasteiger partial charge in [0, 0.05) is 12.5 Å². The maximum atomic E-state index is 12.9. The van der Waals surface area contributed by atoms with Gasteiger partial charge in [-0.1, -0.05) is 6.92 Å². The van der Waals surface area contributed by atoms with Crippen LogP contribution in [0.4, 0.5) is 4.39 Å². The number of aliphatic hydroxyl groups is 1. The van der Waals surface area contributed by atoms with Crippen LogP contribution in [-0.2, 0) is 6.42 Å². The number of halogens is 1. The fraction of sp³-hybridized carbons (Fsp3) is 0.500. The quantitative estimate of drug-likeness (QED) is 0.810. The molecule has 82 valence electrons. The van der Waals surface area contributed by atoms with Gasteiger partial charge in [0.25, 0.3) is 0 Å². The molecule has 0 aliphatic carbocycles. The normalized spacial score (nSPS) is 21.7. The monoisotopic (exact) mass is 210 g/mol. The van der Waals surface area contributed by atoms with Gasteiger partial charge in [-0.15, -0.1) is 0 Å². The third-order valence-corrected chi connectivity index (χ3v) is 2.92. The number of aryl methyl sites for hydroxylation is 1. The fourth-order valence-electron chi connectivity index (χ4n) is 1.90. The van der Waals surface area contributed by atoms with Crippen molar-refractivity contribution in [2.45, 2.75) is 25.9 Å². The molecular formula is C12H15FO2. The van der Waals surface area contributed by atoms with Crippen LogP contribution in [0.5, 0.6) is 5.75 Å². The Bertz CT molecular complexity index is 351. The van der Waals surface area contributed by atoms with E-state index in [-0.39, 0.29) is 24.4 Å². The van der Waals surface area contributed by atoms with Crippen molar-refractivity contribution in [3.63, 3.8) is 0 Å². The van der Waals surface area contributed by atoms with Gasteiger partial charge in [-0.3, -0.25) is 0 Å². The van der Waals surface area contributed by atoms with Gasteiger partial charge in [0.15, 0.2) is 0 Å². The zero-order valence-corrected chi connectivity index (χ0v) is 8.74. The molecule has 0 radical (unpaired) electrons. The van der Waals surface area contributed by atoms with Gasteiger partial charge < -0.3 is 9.84 Å². The number of ether oxygens (including phenoxy) is 1. The van der Waals surface area contributed by atoms with E-state index in [1.54, 1.807) is 6.07 Å². The fourth-order valence-corrected chi connectivity index (χ4v) is 1.90. The molecule has 0 aromatic heterocycles. The Morgan fingerprint density at radius 3 is 3.13 bits per heavy atom. The van der Waals surface area contributed by atoms with E-state index < -0.39 is 0 Å². The van der Waals surface area contributed by atoms with E-state index in [0.29, 0.717) is 0 Å². The summed E-state index contributed by atoms with van der Waals surface area (Å²) in [5.74, 6) is 0.669. The van der Waals surface area contributed by atoms with Crippen LogP contribution < -0.4 is 4.74 Å². The van der Waals surface area contributed by atoms with Gasteiger partial charge in [-0.25, -0.2) is 4.39 Å². The lowest BCUT2D eigenvalue weighted by Gasteiger charge is -2.29. The highest BCUT2D eigenvalue weighted by Gasteiger charge is 2.24. The number of benzene rings is 1. The average molecular weight is 210 g/mol. The Morgan fingerprint density at radius 2 is 2.40 bits per heavy atom. The Hall–Kier alpha value is -1.09. The Balaban J connectivity index is 2.16. The minimum atomic E-state index is -0.217. The van der Waals surface area contributed by atoms with Crippen LogP contribution >= 0.6 is 0 Å². The first-order valence-electron chi connectivity index (χ1n) is 5.26. The van der Waals surface area contributed by atoms with E-state index in [4.69, 9.17) is 9.84 Å². The lowest BCUT2D eigenvalue weighted by molar-refractivity contribution is 0.0800. The van der Waals surface area contributed by atoms with Crippen molar-refractivity contribution in [1.82, 2.24) is 0 Å². The molecule has 2 nitrogen and oxygen atoms in total. The number of hydrogen-bond acceptors (Lipinski definition) is 2. The summed E-state index contributed by atoms with van der Waals surface area (Å²) >= 11 is 0. The summed E-state index contributed by atoms with van der Waals surface area (Å²) in [4.78, 5) is 0. The Morgan fingerprint density at radius 1 is 1.60 bits per heavy atom. The molecule has 1 heterocycles. The summed E-state index contributed by atoms with van der Waals surface area (Å²) in [6.45, 7) is 2.08. The highest BCUT2D eigenvalue weighted by Crippen LogP contribution is 2.30. The van der Waals surface area contributed by atoms with E-state index >= 15 is 0 Å². The Labute approximate surface area is 88.7 Å². The predicted octanol–water partition coefficient (Wildman–Crippen LogP) is 2.15. The third kappa shape index (κ3) is 2.12. The molecule has 0 unspecified atom stereocenters. The number of aliphatic hydroxyl groups excluding tert-OH is 1. The molecule has 3 heteroatoms. The Kier molecular flexibility index (Phi) is 2.91. The second-order valence-corrected chi connectivity index (χ2v) is 4.11. The molecule has 0 fully saturated rings. The average Bonchev–Trinajstić information content (AvgIpc) is 2.27. The smallest absolute Gasteiger partial charge is 0.123 e. The molecule has 15 heavy (non-hydrogen) atoms. The standard InChI is InChI=1S/C12H15FO2/c1-8(7-14)11-4-2-9-6-10(13)3-5-12(9)15-11/h3,5-6,8,11,14H,2,4,7H2,1H3/t8-,11-/m0/s1. The van der Waals surface area contributed by atoms with Crippen molar-refractivity contribution >= 4 is 0 Å². The van der Waals surface area contributed by atoms with Crippen LogP contribution in [0.15, 0.2) is 18.2 Å². The van der Waals surface area contributed by atoms with Crippen LogP contribution in [-0.4, -0.2) is 17.8 Å². The summed E-state index contributed by atoms with van der Waals surface area (Å²) in [6, 6.07) is 4.60. The minimum Gasteiger partial charge on any atom is -0.490 e. The van der Waals surface area contributed by atoms with E-state index in [1.807, 2.05) is 6.92 Å². The minimum absolute atomic E-state index is 0.0490. The maximum Gasteiger partial charge on any atom is 0.123 e. The highest BCUT2D eigenvalue weighted by molar-refractivity contribution is 5.35. The number of hydrogen-bond donors (Lipinski definition) is 1. The zero-order chi connectivity index (χ0) is 10.8. The lowest BCUT2D eigenvalue weighted by Crippen LogP contribution is -2.31. The second kappa shape index (κ2) is 4.19. The molecule has 1 aromatic rings. The number of fused-ring (bicyclic) bond motifs is 1. The van der Waals surface area contributed by atoms with Gasteiger partial charge in [0.1, 0.15) is 17.7 Å². The first-order valence-corrected chi connectivity index (χ1v) is 5.26. The second-order valence-electron chi connectivity index (χ2n) is 4.11. The summed E-state index contributed by atoms with van der Waals surface area (Å²) in [5, 5.41) is 9.04. The van der Waals surface area contributed by atoms with Crippen LogP contribution in [0.1, 0.15) is 18.9 Å². The zero-order valence-electron chi connectivity index (χ0n) is 8.74. The van der Waals surface area contributed by atoms with Crippen molar-refractivity contribution in [2.24, 2.45) is 5.92 Å². The molecule has 0 saturated heterocycles. The van der Waals surface area contributed by atoms with Crippen molar-refractivity contribution in [1.29, 1.82) is 0 Å². The van der Waals surface area contributed by atoms with E-state index in [1.165, 1.54) is 12.1 Å². The number of rotatable bonds is 2. The largest absolute Gasteiger partial charge is 0.490 e. The lowest BCUT2D eigenvalue weighted by atomic mass is 9.95. The van der Waals surface area contributed by atoms with Crippen molar-refractivity contribution in [3.8, 4) is 5.75 Å². The molecule has 0 bridgehead atoms. The van der Waals surface area contributed by atoms with Crippen LogP contribution in [0.25, 0.3) is 0 Å². The van der Waals surface area contributed by atoms with Gasteiger partial charge in [0.2, 0.25) is 0 Å². The SMILES string of the molecule is C[C@@H](CO)[C@@H]1CCc2cc(F)ccc2O1. The molecule has 2 atom stereocenters. The van der Waals surface area contributed by atoms with Gasteiger partial charge in [-0.2, -0.15) is 0 Å². The van der Waals surface area contributed by atoms with Gasteiger partial charge in [-0.05, 0) is 36.6 Å². The summed E-state index contributed by atoms with van der Waals surface area (Å²) in [7, 11) is 0. The van der Waals surface area contributed by atoms with Crippen LogP contribution in [0, 0.1) is 11.7 Å². The third-order valence-electron chi connectivity index (χ3n) is 2.92. The van der Waals surface area contributed by atoms with E-state index in [0.717, 1.165) is 24.2 Å². The van der Waals surface area contributed by atoms with E-state index in [9.17, 15) is 4.39 Å². The maximum absolute atomic E-state index is 12.9. The first-order chi connectivity index (χ1) is 7.20. The topological polar surface area (TPSA) is 29.5 Å². The van der Waals surface area contributed by atoms with Crippen molar-refractivity contribution < 1.29 is 14.2 Å². The molecule has 2 rings (SSSR count). The molecule has 0 amide bonds. The highest BCUT2D eigenvalue weighted by atomic mass is 19.1. The van der Waals surface area contributed by atoms with Crippen LogP contribution in [0.3, 0.4) is 0 Å². The van der Waals surface area contributed by atoms with Crippen molar-refractivity contribution in [3.05, 3.63) is 29.6 Å². The van der Waals surface area contributed by atoms with Gasteiger partial charge >= 0.3 is 0 Å². The molecule has 1 aliphatic rings. The summed E-state index contributed by atoms with van der Waals surface area (Å²) in [5.41, 5.74) is 0.927. The first kappa shape index (κ1) is 10.4. The molecule has 0 spiro atoms. The summed E-state index contributed by atoms with van der Waals surface area (Å²) < 4.78 is 18.6. The molecule has 1 aliphatic heterocycles. The predicted molar refractivity (Wildman–Crippen MR) is 55.4 cm³/mol. The molecular weight excluding hydrogens is 195 g/mol. The molecule has 0 saturated carbocycles. The van der Waals surface area contributed by atoms with Crippen molar-refractivity contribution in [2.75, 3.05) is 6.61 Å². The van der Waals surface area contributed by atoms with Gasteiger partial charge in [0.05, 0.1) is 0 Å². The summed E-state index contributed by atoms with van der Waals surface area (Å²) in [6.07, 6.45) is 1.72.